The Kier molecular flexibility index (Phi) is 7.06. The van der Waals surface area contributed by atoms with Crippen molar-refractivity contribution in [2.75, 3.05) is 0 Å². The van der Waals surface area contributed by atoms with E-state index in [1.165, 1.54) is 28.8 Å². The molecule has 0 amide bonds. The average molecular weight is 506 g/mol. The molecule has 0 unspecified atom stereocenters. The van der Waals surface area contributed by atoms with E-state index in [1.54, 1.807) is 23.6 Å². The summed E-state index contributed by atoms with van der Waals surface area (Å²) in [6, 6.07) is 8.92. The summed E-state index contributed by atoms with van der Waals surface area (Å²) in [6.45, 7) is 10.6. The van der Waals surface area contributed by atoms with Gasteiger partial charge in [-0.2, -0.15) is 5.26 Å². The number of benzene rings is 1. The van der Waals surface area contributed by atoms with Gasteiger partial charge < -0.3 is 0 Å². The summed E-state index contributed by atoms with van der Waals surface area (Å²) < 4.78 is 0. The Labute approximate surface area is 213 Å². The predicted octanol–water partition coefficient (Wildman–Crippen LogP) is 6.99. The predicted molar refractivity (Wildman–Crippen MR) is 140 cm³/mol. The molecule has 35 heavy (non-hydrogen) atoms. The molecule has 0 N–H and O–H groups in total. The summed E-state index contributed by atoms with van der Waals surface area (Å²) in [7, 11) is 0. The first-order valence-electron chi connectivity index (χ1n) is 11.4. The maximum absolute atomic E-state index is 11.4. The first kappa shape index (κ1) is 25.0. The molecule has 9 heteroatoms. The normalized spacial score (nSPS) is 15.7. The van der Waals surface area contributed by atoms with E-state index in [-0.39, 0.29) is 11.1 Å². The fourth-order valence-corrected chi connectivity index (χ4v) is 6.49. The molecular formula is C26H27N5O2S2. The molecule has 2 heterocycles. The topological polar surface area (TPSA) is 105 Å². The van der Waals surface area contributed by atoms with Crippen LogP contribution in [0.4, 0.5) is 10.7 Å². The van der Waals surface area contributed by atoms with Crippen molar-refractivity contribution in [2.24, 2.45) is 16.3 Å². The molecule has 1 aliphatic carbocycles. The van der Waals surface area contributed by atoms with Gasteiger partial charge in [0.1, 0.15) is 11.1 Å². The molecule has 0 bridgehead atoms. The maximum atomic E-state index is 11.4. The van der Waals surface area contributed by atoms with E-state index >= 15 is 0 Å². The number of nitro benzene ring substituents is 1. The van der Waals surface area contributed by atoms with Crippen molar-refractivity contribution in [1.29, 1.82) is 5.26 Å². The van der Waals surface area contributed by atoms with Gasteiger partial charge in [-0.15, -0.1) is 11.3 Å². The zero-order valence-electron chi connectivity index (χ0n) is 20.5. The smallest absolute Gasteiger partial charge is 0.258 e. The second kappa shape index (κ2) is 9.88. The average Bonchev–Trinajstić information content (AvgIpc) is 3.13. The lowest BCUT2D eigenvalue weighted by Crippen LogP contribution is -2.26. The highest BCUT2D eigenvalue weighted by atomic mass is 32.2. The van der Waals surface area contributed by atoms with Gasteiger partial charge in [0.2, 0.25) is 0 Å². The lowest BCUT2D eigenvalue weighted by Gasteiger charge is -2.33. The van der Waals surface area contributed by atoms with Gasteiger partial charge in [0.25, 0.3) is 5.69 Å². The van der Waals surface area contributed by atoms with E-state index in [0.29, 0.717) is 27.2 Å². The molecule has 0 fully saturated rings. The summed E-state index contributed by atoms with van der Waals surface area (Å²) in [5, 5.41) is 22.5. The highest BCUT2D eigenvalue weighted by Gasteiger charge is 2.32. The Hall–Kier alpha value is -3.09. The van der Waals surface area contributed by atoms with Crippen LogP contribution in [-0.2, 0) is 12.8 Å². The van der Waals surface area contributed by atoms with Crippen LogP contribution in [-0.4, -0.2) is 21.1 Å². The standard InChI is InChI=1S/C26H27N5O2S2/c1-15-10-16(2)30-25(29-15)35-22-9-7-19(31(32)33)11-17(22)14-28-24-21(13-27)20-8-6-18(26(3,4)5)12-23(20)34-24/h7,9-11,14,18H,6,8,12H2,1-5H3/t18-/m1/s1. The van der Waals surface area contributed by atoms with E-state index < -0.39 is 4.92 Å². The minimum absolute atomic E-state index is 0.0175. The van der Waals surface area contributed by atoms with Crippen LogP contribution in [0.1, 0.15) is 60.1 Å². The molecule has 0 aliphatic heterocycles. The third-order valence-electron chi connectivity index (χ3n) is 6.27. The zero-order valence-corrected chi connectivity index (χ0v) is 22.1. The molecule has 1 atom stereocenters. The SMILES string of the molecule is Cc1cc(C)nc(Sc2ccc([N+](=O)[O-])cc2C=Nc2sc3c(c2C#N)CC[C@@H](C(C)(C)C)C3)n1. The molecule has 0 saturated carbocycles. The fraction of sp³-hybridized carbons (Fsp3) is 0.385. The van der Waals surface area contributed by atoms with Gasteiger partial charge >= 0.3 is 0 Å². The second-order valence-electron chi connectivity index (χ2n) is 9.87. The number of hydrogen-bond acceptors (Lipinski definition) is 8. The van der Waals surface area contributed by atoms with Gasteiger partial charge in [0.05, 0.1) is 10.5 Å². The number of aliphatic imine (C=N–C) groups is 1. The van der Waals surface area contributed by atoms with Crippen molar-refractivity contribution in [3.8, 4) is 6.07 Å². The number of nitrogens with zero attached hydrogens (tertiary/aromatic N) is 5. The molecule has 4 rings (SSSR count). The number of fused-ring (bicyclic) bond motifs is 1. The molecule has 0 saturated heterocycles. The Morgan fingerprint density at radius 3 is 2.60 bits per heavy atom. The minimum atomic E-state index is -0.420. The lowest BCUT2D eigenvalue weighted by molar-refractivity contribution is -0.384. The highest BCUT2D eigenvalue weighted by Crippen LogP contribution is 2.45. The van der Waals surface area contributed by atoms with Crippen molar-refractivity contribution in [3.63, 3.8) is 0 Å². The molecule has 2 aromatic heterocycles. The molecule has 3 aromatic rings. The van der Waals surface area contributed by atoms with Crippen LogP contribution in [0.15, 0.2) is 39.3 Å². The van der Waals surface area contributed by atoms with Crippen LogP contribution in [0.5, 0.6) is 0 Å². The van der Waals surface area contributed by atoms with Gasteiger partial charge in [0, 0.05) is 45.1 Å². The van der Waals surface area contributed by atoms with Gasteiger partial charge in [-0.3, -0.25) is 10.1 Å². The number of rotatable bonds is 5. The lowest BCUT2D eigenvalue weighted by atomic mass is 9.72. The summed E-state index contributed by atoms with van der Waals surface area (Å²) in [5.41, 5.74) is 4.24. The molecule has 0 spiro atoms. The van der Waals surface area contributed by atoms with Crippen LogP contribution in [0.3, 0.4) is 0 Å². The molecule has 1 aromatic carbocycles. The van der Waals surface area contributed by atoms with Crippen molar-refractivity contribution < 1.29 is 4.92 Å². The Balaban J connectivity index is 1.70. The van der Waals surface area contributed by atoms with Crippen molar-refractivity contribution >= 4 is 40.0 Å². The number of nitriles is 1. The van der Waals surface area contributed by atoms with Crippen LogP contribution >= 0.6 is 23.1 Å². The summed E-state index contributed by atoms with van der Waals surface area (Å²) >= 11 is 2.90. The summed E-state index contributed by atoms with van der Waals surface area (Å²) in [6.07, 6.45) is 4.52. The van der Waals surface area contributed by atoms with Crippen LogP contribution in [0.2, 0.25) is 0 Å². The third-order valence-corrected chi connectivity index (χ3v) is 8.39. The summed E-state index contributed by atoms with van der Waals surface area (Å²) in [4.78, 5) is 26.6. The van der Waals surface area contributed by atoms with Crippen LogP contribution in [0.25, 0.3) is 0 Å². The fourth-order valence-electron chi connectivity index (χ4n) is 4.33. The van der Waals surface area contributed by atoms with E-state index in [1.807, 2.05) is 19.9 Å². The number of nitro groups is 1. The molecule has 1 aliphatic rings. The minimum Gasteiger partial charge on any atom is -0.258 e. The summed E-state index contributed by atoms with van der Waals surface area (Å²) in [5.74, 6) is 0.564. The van der Waals surface area contributed by atoms with Crippen molar-refractivity contribution in [3.05, 3.63) is 67.3 Å². The number of aryl methyl sites for hydroxylation is 2. The molecule has 7 nitrogen and oxygen atoms in total. The Morgan fingerprint density at radius 1 is 1.26 bits per heavy atom. The number of hydrogen-bond donors (Lipinski definition) is 0. The van der Waals surface area contributed by atoms with Crippen LogP contribution in [0, 0.1) is 46.6 Å². The first-order chi connectivity index (χ1) is 16.5. The van der Waals surface area contributed by atoms with Gasteiger partial charge in [0.15, 0.2) is 5.16 Å². The Morgan fingerprint density at radius 2 is 1.97 bits per heavy atom. The first-order valence-corrected chi connectivity index (χ1v) is 13.1. The quantitative estimate of drug-likeness (QED) is 0.160. The third kappa shape index (κ3) is 5.60. The molecule has 0 radical (unpaired) electrons. The number of thiophene rings is 1. The monoisotopic (exact) mass is 505 g/mol. The van der Waals surface area contributed by atoms with Gasteiger partial charge in [-0.25, -0.2) is 15.0 Å². The van der Waals surface area contributed by atoms with Gasteiger partial charge in [-0.1, -0.05) is 20.8 Å². The van der Waals surface area contributed by atoms with E-state index in [9.17, 15) is 15.4 Å². The van der Waals surface area contributed by atoms with E-state index in [0.717, 1.165) is 41.1 Å². The number of non-ortho nitro benzene ring substituents is 1. The Bertz CT molecular complexity index is 1350. The largest absolute Gasteiger partial charge is 0.270 e. The second-order valence-corrected chi connectivity index (χ2v) is 12.0. The zero-order chi connectivity index (χ0) is 25.3. The molecule has 180 valence electrons. The number of aromatic nitrogens is 2. The van der Waals surface area contributed by atoms with E-state index in [2.05, 4.69) is 41.8 Å². The van der Waals surface area contributed by atoms with Crippen LogP contribution < -0.4 is 0 Å². The van der Waals surface area contributed by atoms with Crippen molar-refractivity contribution in [2.45, 2.75) is 63.9 Å². The van der Waals surface area contributed by atoms with Crippen molar-refractivity contribution in [1.82, 2.24) is 9.97 Å². The maximum Gasteiger partial charge on any atom is 0.270 e. The molecular weight excluding hydrogens is 478 g/mol. The highest BCUT2D eigenvalue weighted by molar-refractivity contribution is 7.99. The van der Waals surface area contributed by atoms with Gasteiger partial charge in [-0.05, 0) is 73.9 Å². The van der Waals surface area contributed by atoms with E-state index in [4.69, 9.17) is 0 Å².